The third-order valence-electron chi connectivity index (χ3n) is 3.98. The van der Waals surface area contributed by atoms with Gasteiger partial charge in [0.25, 0.3) is 0 Å². The molecule has 0 bridgehead atoms. The van der Waals surface area contributed by atoms with Gasteiger partial charge in [-0.05, 0) is 48.6 Å². The maximum absolute atomic E-state index is 10.6. The van der Waals surface area contributed by atoms with Crippen molar-refractivity contribution in [1.29, 1.82) is 0 Å². The first-order valence-electron chi connectivity index (χ1n) is 5.51. The molecule has 0 saturated heterocycles. The van der Waals surface area contributed by atoms with Crippen molar-refractivity contribution in [1.82, 2.24) is 0 Å². The van der Waals surface area contributed by atoms with Crippen molar-refractivity contribution in [3.8, 4) is 0 Å². The van der Waals surface area contributed by atoms with E-state index in [-0.39, 0.29) is 0 Å². The van der Waals surface area contributed by atoms with Gasteiger partial charge in [0, 0.05) is 4.88 Å². The van der Waals surface area contributed by atoms with Crippen LogP contribution in [0.15, 0.2) is 11.4 Å². The normalized spacial score (nSPS) is 40.7. The minimum Gasteiger partial charge on any atom is -0.385 e. The molecule has 76 valence electrons. The molecule has 0 radical (unpaired) electrons. The van der Waals surface area contributed by atoms with Gasteiger partial charge in [-0.15, -0.1) is 11.3 Å². The van der Waals surface area contributed by atoms with Gasteiger partial charge in [-0.25, -0.2) is 0 Å². The van der Waals surface area contributed by atoms with Gasteiger partial charge >= 0.3 is 0 Å². The lowest BCUT2D eigenvalue weighted by atomic mass is 10.0. The van der Waals surface area contributed by atoms with Gasteiger partial charge in [-0.1, -0.05) is 12.8 Å². The Hall–Kier alpha value is -0.340. The minimum atomic E-state index is -0.429. The van der Waals surface area contributed by atoms with Crippen LogP contribution in [0.2, 0.25) is 0 Å². The van der Waals surface area contributed by atoms with E-state index in [0.29, 0.717) is 11.8 Å². The van der Waals surface area contributed by atoms with E-state index in [0.717, 1.165) is 0 Å². The van der Waals surface area contributed by atoms with Gasteiger partial charge in [0.1, 0.15) is 0 Å². The second-order valence-electron chi connectivity index (χ2n) is 4.77. The Balaban J connectivity index is 1.92. The molecule has 0 spiro atoms. The Morgan fingerprint density at radius 1 is 1.36 bits per heavy atom. The second kappa shape index (κ2) is 2.83. The van der Waals surface area contributed by atoms with Crippen LogP contribution in [0.4, 0.5) is 0 Å². The Kier molecular flexibility index (Phi) is 1.80. The molecule has 1 nitrogen and oxygen atoms in total. The molecule has 2 atom stereocenters. The zero-order valence-electron chi connectivity index (χ0n) is 8.49. The Morgan fingerprint density at radius 3 is 2.50 bits per heavy atom. The maximum atomic E-state index is 10.6. The van der Waals surface area contributed by atoms with Gasteiger partial charge in [0.2, 0.25) is 0 Å². The quantitative estimate of drug-likeness (QED) is 0.752. The summed E-state index contributed by atoms with van der Waals surface area (Å²) < 4.78 is 0. The zero-order valence-corrected chi connectivity index (χ0v) is 9.31. The highest BCUT2D eigenvalue weighted by Gasteiger charge is 2.64. The molecule has 0 aliphatic heterocycles. The summed E-state index contributed by atoms with van der Waals surface area (Å²) >= 11 is 1.76. The number of rotatable bonds is 1. The molecule has 2 aliphatic carbocycles. The first-order valence-corrected chi connectivity index (χ1v) is 6.39. The van der Waals surface area contributed by atoms with Gasteiger partial charge in [0.15, 0.2) is 0 Å². The number of aliphatic hydroxyl groups is 1. The molecule has 14 heavy (non-hydrogen) atoms. The summed E-state index contributed by atoms with van der Waals surface area (Å²) in [6.07, 6.45) is 5.09. The number of hydrogen-bond acceptors (Lipinski definition) is 2. The van der Waals surface area contributed by atoms with Crippen LogP contribution in [0.25, 0.3) is 0 Å². The van der Waals surface area contributed by atoms with E-state index in [1.54, 1.807) is 11.3 Å². The molecule has 1 N–H and O–H groups in total. The SMILES string of the molecule is Cc1cc(C2(O)C3CCCCC32)cs1. The topological polar surface area (TPSA) is 20.2 Å². The summed E-state index contributed by atoms with van der Waals surface area (Å²) in [6, 6.07) is 2.17. The van der Waals surface area contributed by atoms with Crippen molar-refractivity contribution >= 4 is 11.3 Å². The molecule has 3 rings (SSSR count). The van der Waals surface area contributed by atoms with Crippen LogP contribution < -0.4 is 0 Å². The lowest BCUT2D eigenvalue weighted by molar-refractivity contribution is 0.118. The smallest absolute Gasteiger partial charge is 0.0968 e. The van der Waals surface area contributed by atoms with Crippen molar-refractivity contribution in [2.75, 3.05) is 0 Å². The highest BCUT2D eigenvalue weighted by atomic mass is 32.1. The minimum absolute atomic E-state index is 0.429. The third kappa shape index (κ3) is 1.04. The van der Waals surface area contributed by atoms with Gasteiger partial charge in [0.05, 0.1) is 5.60 Å². The fraction of sp³-hybridized carbons (Fsp3) is 0.667. The fourth-order valence-electron chi connectivity index (χ4n) is 3.17. The average Bonchev–Trinajstić information content (AvgIpc) is 2.57. The third-order valence-corrected chi connectivity index (χ3v) is 4.84. The molecule has 2 aliphatic rings. The maximum Gasteiger partial charge on any atom is 0.0968 e. The van der Waals surface area contributed by atoms with Crippen molar-refractivity contribution < 1.29 is 5.11 Å². The first-order chi connectivity index (χ1) is 6.73. The Bertz CT molecular complexity index is 343. The molecule has 2 unspecified atom stereocenters. The zero-order chi connectivity index (χ0) is 9.76. The van der Waals surface area contributed by atoms with Crippen LogP contribution in [-0.4, -0.2) is 5.11 Å². The number of fused-ring (bicyclic) bond motifs is 1. The molecule has 1 heterocycles. The standard InChI is InChI=1S/C12H16OS/c1-8-6-9(7-14-8)12(13)10-4-2-3-5-11(10)12/h6-7,10-11,13H,2-5H2,1H3. The molecular formula is C12H16OS. The van der Waals surface area contributed by atoms with Crippen LogP contribution in [0.1, 0.15) is 36.1 Å². The summed E-state index contributed by atoms with van der Waals surface area (Å²) in [5.74, 6) is 1.15. The highest BCUT2D eigenvalue weighted by Crippen LogP contribution is 2.64. The van der Waals surface area contributed by atoms with E-state index in [9.17, 15) is 5.11 Å². The molecule has 1 aromatic rings. The van der Waals surface area contributed by atoms with Gasteiger partial charge in [-0.3, -0.25) is 0 Å². The molecule has 2 heteroatoms. The highest BCUT2D eigenvalue weighted by molar-refractivity contribution is 7.10. The van der Waals surface area contributed by atoms with Crippen LogP contribution in [0.5, 0.6) is 0 Å². The van der Waals surface area contributed by atoms with Gasteiger partial charge in [-0.2, -0.15) is 0 Å². The largest absolute Gasteiger partial charge is 0.385 e. The lowest BCUT2D eigenvalue weighted by Crippen LogP contribution is -2.08. The van der Waals surface area contributed by atoms with Crippen LogP contribution in [0, 0.1) is 18.8 Å². The number of aryl methyl sites for hydroxylation is 1. The van der Waals surface area contributed by atoms with Crippen molar-refractivity contribution in [3.05, 3.63) is 21.9 Å². The van der Waals surface area contributed by atoms with Crippen LogP contribution in [-0.2, 0) is 5.60 Å². The number of thiophene rings is 1. The summed E-state index contributed by atoms with van der Waals surface area (Å²) in [7, 11) is 0. The van der Waals surface area contributed by atoms with Gasteiger partial charge < -0.3 is 5.11 Å². The van der Waals surface area contributed by atoms with Crippen molar-refractivity contribution in [2.24, 2.45) is 11.8 Å². The average molecular weight is 208 g/mol. The van der Waals surface area contributed by atoms with E-state index in [1.165, 1.54) is 36.1 Å². The molecule has 2 saturated carbocycles. The van der Waals surface area contributed by atoms with Crippen LogP contribution >= 0.6 is 11.3 Å². The lowest BCUT2D eigenvalue weighted by Gasteiger charge is -2.07. The van der Waals surface area contributed by atoms with Crippen molar-refractivity contribution in [2.45, 2.75) is 38.2 Å². The molecule has 2 fully saturated rings. The Labute approximate surface area is 88.8 Å². The summed E-state index contributed by atoms with van der Waals surface area (Å²) in [5.41, 5.74) is 0.762. The second-order valence-corrected chi connectivity index (χ2v) is 5.88. The van der Waals surface area contributed by atoms with Crippen molar-refractivity contribution in [3.63, 3.8) is 0 Å². The monoisotopic (exact) mass is 208 g/mol. The number of hydrogen-bond donors (Lipinski definition) is 1. The molecule has 0 amide bonds. The molecule has 0 aromatic carbocycles. The van der Waals surface area contributed by atoms with E-state index in [4.69, 9.17) is 0 Å². The summed E-state index contributed by atoms with van der Waals surface area (Å²) in [5, 5.41) is 12.7. The predicted octanol–water partition coefficient (Wildman–Crippen LogP) is 3.06. The molecule has 1 aromatic heterocycles. The van der Waals surface area contributed by atoms with E-state index < -0.39 is 5.60 Å². The fourth-order valence-corrected chi connectivity index (χ4v) is 3.94. The molecular weight excluding hydrogens is 192 g/mol. The summed E-state index contributed by atoms with van der Waals surface area (Å²) in [6.45, 7) is 2.11. The summed E-state index contributed by atoms with van der Waals surface area (Å²) in [4.78, 5) is 1.32. The van der Waals surface area contributed by atoms with E-state index in [2.05, 4.69) is 18.4 Å². The van der Waals surface area contributed by atoms with E-state index in [1.807, 2.05) is 0 Å². The Morgan fingerprint density at radius 2 is 2.00 bits per heavy atom. The predicted molar refractivity (Wildman–Crippen MR) is 58.4 cm³/mol. The first kappa shape index (κ1) is 8.93. The van der Waals surface area contributed by atoms with E-state index >= 15 is 0 Å². The van der Waals surface area contributed by atoms with Crippen LogP contribution in [0.3, 0.4) is 0 Å².